The highest BCUT2D eigenvalue weighted by Crippen LogP contribution is 2.26. The van der Waals surface area contributed by atoms with E-state index < -0.39 is 0 Å². The summed E-state index contributed by atoms with van der Waals surface area (Å²) < 4.78 is 15.6. The van der Waals surface area contributed by atoms with Crippen LogP contribution in [0.1, 0.15) is 19.7 Å². The standard InChI is InChI=1S/C14H26N4O3/c1-10(2)9-11-17-13(16-5-6-19-3)12(15)14(18-11)21-8-7-20-4/h10H,5-9,15H2,1-4H3,(H,16,17,18). The smallest absolute Gasteiger partial charge is 0.242 e. The zero-order valence-corrected chi connectivity index (χ0v) is 13.3. The van der Waals surface area contributed by atoms with E-state index in [-0.39, 0.29) is 0 Å². The minimum absolute atomic E-state index is 0.399. The fourth-order valence-electron chi connectivity index (χ4n) is 1.69. The summed E-state index contributed by atoms with van der Waals surface area (Å²) >= 11 is 0. The first-order valence-corrected chi connectivity index (χ1v) is 7.09. The van der Waals surface area contributed by atoms with Gasteiger partial charge in [0.1, 0.15) is 18.1 Å². The largest absolute Gasteiger partial charge is 0.474 e. The molecule has 0 bridgehead atoms. The summed E-state index contributed by atoms with van der Waals surface area (Å²) in [6.45, 7) is 6.30. The third-order valence-corrected chi connectivity index (χ3v) is 2.67. The molecule has 0 unspecified atom stereocenters. The fourth-order valence-corrected chi connectivity index (χ4v) is 1.69. The van der Waals surface area contributed by atoms with Crippen molar-refractivity contribution in [2.24, 2.45) is 5.92 Å². The molecule has 7 nitrogen and oxygen atoms in total. The van der Waals surface area contributed by atoms with Crippen LogP contribution in [-0.2, 0) is 15.9 Å². The zero-order chi connectivity index (χ0) is 15.7. The molecule has 1 aromatic heterocycles. The van der Waals surface area contributed by atoms with E-state index in [2.05, 4.69) is 29.1 Å². The van der Waals surface area contributed by atoms with Gasteiger partial charge in [0.2, 0.25) is 5.88 Å². The number of ether oxygens (including phenoxy) is 3. The van der Waals surface area contributed by atoms with Crippen LogP contribution in [0.5, 0.6) is 5.88 Å². The molecule has 1 heterocycles. The van der Waals surface area contributed by atoms with Crippen LogP contribution in [0.4, 0.5) is 11.5 Å². The minimum Gasteiger partial charge on any atom is -0.474 e. The van der Waals surface area contributed by atoms with Gasteiger partial charge in [-0.25, -0.2) is 4.98 Å². The molecule has 120 valence electrons. The van der Waals surface area contributed by atoms with Crippen LogP contribution < -0.4 is 15.8 Å². The summed E-state index contributed by atoms with van der Waals surface area (Å²) in [5.74, 6) is 2.15. The molecular formula is C14H26N4O3. The summed E-state index contributed by atoms with van der Waals surface area (Å²) in [5.41, 5.74) is 6.47. The second-order valence-corrected chi connectivity index (χ2v) is 5.07. The third-order valence-electron chi connectivity index (χ3n) is 2.67. The van der Waals surface area contributed by atoms with Gasteiger partial charge in [-0.3, -0.25) is 0 Å². The first-order valence-electron chi connectivity index (χ1n) is 7.09. The number of methoxy groups -OCH3 is 2. The lowest BCUT2D eigenvalue weighted by Crippen LogP contribution is -2.15. The van der Waals surface area contributed by atoms with Gasteiger partial charge in [0.25, 0.3) is 0 Å². The van der Waals surface area contributed by atoms with E-state index in [4.69, 9.17) is 19.9 Å². The van der Waals surface area contributed by atoms with Gasteiger partial charge in [0.15, 0.2) is 5.82 Å². The van der Waals surface area contributed by atoms with Crippen LogP contribution in [0.25, 0.3) is 0 Å². The number of nitrogen functional groups attached to an aromatic ring is 1. The van der Waals surface area contributed by atoms with Gasteiger partial charge in [-0.05, 0) is 5.92 Å². The molecule has 0 aliphatic carbocycles. The number of anilines is 2. The average molecular weight is 298 g/mol. The van der Waals surface area contributed by atoms with E-state index in [0.717, 1.165) is 6.42 Å². The lowest BCUT2D eigenvalue weighted by Gasteiger charge is -2.14. The normalized spacial score (nSPS) is 10.9. The highest BCUT2D eigenvalue weighted by atomic mass is 16.5. The zero-order valence-electron chi connectivity index (χ0n) is 13.3. The number of nitrogens with two attached hydrogens (primary N) is 1. The molecule has 0 radical (unpaired) electrons. The lowest BCUT2D eigenvalue weighted by molar-refractivity contribution is 0.144. The van der Waals surface area contributed by atoms with Crippen molar-refractivity contribution in [2.75, 3.05) is 51.6 Å². The molecular weight excluding hydrogens is 272 g/mol. The molecule has 21 heavy (non-hydrogen) atoms. The van der Waals surface area contributed by atoms with Crippen LogP contribution in [0, 0.1) is 5.92 Å². The number of aromatic nitrogens is 2. The number of hydrogen-bond donors (Lipinski definition) is 2. The summed E-state index contributed by atoms with van der Waals surface area (Å²) in [6.07, 6.45) is 0.764. The molecule has 0 aliphatic rings. The van der Waals surface area contributed by atoms with Crippen LogP contribution in [0.2, 0.25) is 0 Å². The second kappa shape index (κ2) is 9.36. The van der Waals surface area contributed by atoms with Gasteiger partial charge in [-0.15, -0.1) is 0 Å². The molecule has 0 atom stereocenters. The topological polar surface area (TPSA) is 91.5 Å². The third kappa shape index (κ3) is 6.14. The Balaban J connectivity index is 2.89. The quantitative estimate of drug-likeness (QED) is 0.630. The van der Waals surface area contributed by atoms with Gasteiger partial charge in [0, 0.05) is 27.2 Å². The summed E-state index contributed by atoms with van der Waals surface area (Å²) in [6, 6.07) is 0. The highest BCUT2D eigenvalue weighted by Gasteiger charge is 2.14. The van der Waals surface area contributed by atoms with E-state index in [1.807, 2.05) is 0 Å². The molecule has 7 heteroatoms. The molecule has 1 aromatic rings. The summed E-state index contributed by atoms with van der Waals surface area (Å²) in [4.78, 5) is 8.85. The van der Waals surface area contributed by atoms with Gasteiger partial charge in [0.05, 0.1) is 13.2 Å². The lowest BCUT2D eigenvalue weighted by atomic mass is 10.1. The van der Waals surface area contributed by atoms with Gasteiger partial charge in [-0.1, -0.05) is 13.8 Å². The molecule has 3 N–H and O–H groups in total. The minimum atomic E-state index is 0.399. The van der Waals surface area contributed by atoms with Crippen molar-refractivity contribution >= 4 is 11.5 Å². The Morgan fingerprint density at radius 2 is 1.81 bits per heavy atom. The first kappa shape index (κ1) is 17.5. The van der Waals surface area contributed by atoms with Crippen molar-refractivity contribution in [3.8, 4) is 5.88 Å². The Labute approximate surface area is 126 Å². The molecule has 0 fully saturated rings. The van der Waals surface area contributed by atoms with Crippen LogP contribution in [-0.4, -0.2) is 50.6 Å². The Hall–Kier alpha value is -1.60. The van der Waals surface area contributed by atoms with E-state index in [9.17, 15) is 0 Å². The molecule has 0 spiro atoms. The maximum absolute atomic E-state index is 6.05. The molecule has 0 amide bonds. The Morgan fingerprint density at radius 1 is 1.10 bits per heavy atom. The van der Waals surface area contributed by atoms with Crippen molar-refractivity contribution < 1.29 is 14.2 Å². The Bertz CT molecular complexity index is 396. The van der Waals surface area contributed by atoms with Crippen LogP contribution in [0.3, 0.4) is 0 Å². The maximum atomic E-state index is 6.05. The van der Waals surface area contributed by atoms with Crippen LogP contribution >= 0.6 is 0 Å². The Morgan fingerprint density at radius 3 is 2.43 bits per heavy atom. The SMILES string of the molecule is COCCNc1nc(CC(C)C)nc(OCCOC)c1N. The van der Waals surface area contributed by atoms with Gasteiger partial charge < -0.3 is 25.3 Å². The molecule has 0 saturated heterocycles. The number of nitrogens with zero attached hydrogens (tertiary/aromatic N) is 2. The first-order chi connectivity index (χ1) is 10.1. The van der Waals surface area contributed by atoms with E-state index in [0.29, 0.717) is 55.5 Å². The van der Waals surface area contributed by atoms with E-state index in [1.54, 1.807) is 14.2 Å². The summed E-state index contributed by atoms with van der Waals surface area (Å²) in [5, 5.41) is 3.15. The molecule has 0 aromatic carbocycles. The summed E-state index contributed by atoms with van der Waals surface area (Å²) in [7, 11) is 3.27. The van der Waals surface area contributed by atoms with Gasteiger partial charge in [-0.2, -0.15) is 4.98 Å². The number of hydrogen-bond acceptors (Lipinski definition) is 7. The van der Waals surface area contributed by atoms with Crippen molar-refractivity contribution in [2.45, 2.75) is 20.3 Å². The predicted molar refractivity (Wildman–Crippen MR) is 82.7 cm³/mol. The highest BCUT2D eigenvalue weighted by molar-refractivity contribution is 5.66. The fraction of sp³-hybridized carbons (Fsp3) is 0.714. The van der Waals surface area contributed by atoms with Gasteiger partial charge >= 0.3 is 0 Å². The van der Waals surface area contributed by atoms with E-state index in [1.165, 1.54) is 0 Å². The predicted octanol–water partition coefficient (Wildman–Crippen LogP) is 1.34. The molecule has 1 rings (SSSR count). The van der Waals surface area contributed by atoms with Crippen molar-refractivity contribution in [3.63, 3.8) is 0 Å². The van der Waals surface area contributed by atoms with Crippen molar-refractivity contribution in [3.05, 3.63) is 5.82 Å². The van der Waals surface area contributed by atoms with Crippen LogP contribution in [0.15, 0.2) is 0 Å². The van der Waals surface area contributed by atoms with E-state index >= 15 is 0 Å². The molecule has 0 saturated carbocycles. The maximum Gasteiger partial charge on any atom is 0.242 e. The van der Waals surface area contributed by atoms with Crippen molar-refractivity contribution in [1.82, 2.24) is 9.97 Å². The second-order valence-electron chi connectivity index (χ2n) is 5.07. The molecule has 0 aliphatic heterocycles. The Kier molecular flexibility index (Phi) is 7.78. The van der Waals surface area contributed by atoms with Crippen molar-refractivity contribution in [1.29, 1.82) is 0 Å². The number of nitrogens with one attached hydrogen (secondary N) is 1. The monoisotopic (exact) mass is 298 g/mol. The average Bonchev–Trinajstić information content (AvgIpc) is 2.43. The number of rotatable bonds is 10.